The van der Waals surface area contributed by atoms with Gasteiger partial charge < -0.3 is 24.0 Å². The Kier molecular flexibility index (Phi) is 3.39. The van der Waals surface area contributed by atoms with Crippen LogP contribution in [0.1, 0.15) is 19.9 Å². The van der Waals surface area contributed by atoms with E-state index in [0.717, 1.165) is 0 Å². The number of hydrogen-bond donors (Lipinski definition) is 3. The van der Waals surface area contributed by atoms with Gasteiger partial charge in [-0.25, -0.2) is 0 Å². The quantitative estimate of drug-likeness (QED) is 0.402. The van der Waals surface area contributed by atoms with Crippen LogP contribution < -0.4 is 20.5 Å². The van der Waals surface area contributed by atoms with E-state index in [-0.39, 0.29) is 24.0 Å². The molecule has 1 aliphatic rings. The summed E-state index contributed by atoms with van der Waals surface area (Å²) in [6, 6.07) is 8.24. The average molecular weight is 419 g/mol. The number of H-pyrrole nitrogens is 2. The second kappa shape index (κ2) is 5.94. The highest BCUT2D eigenvalue weighted by molar-refractivity contribution is 6.15. The number of nitrogens with one attached hydrogen (secondary N) is 2. The van der Waals surface area contributed by atoms with E-state index in [1.165, 1.54) is 6.07 Å². The first-order chi connectivity index (χ1) is 14.9. The lowest BCUT2D eigenvalue weighted by molar-refractivity contribution is 0.174. The van der Waals surface area contributed by atoms with Crippen molar-refractivity contribution in [1.82, 2.24) is 14.8 Å². The molecule has 2 aromatic carbocycles. The maximum Gasteiger partial charge on any atom is 0.274 e. The number of hydrogen-bond acceptors (Lipinski definition) is 6. The Balaban J connectivity index is 1.84. The number of furan rings is 1. The first-order valence-electron chi connectivity index (χ1n) is 9.78. The van der Waals surface area contributed by atoms with E-state index in [0.29, 0.717) is 50.1 Å². The number of aromatic amines is 2. The van der Waals surface area contributed by atoms with Gasteiger partial charge in [0.1, 0.15) is 5.65 Å². The molecule has 31 heavy (non-hydrogen) atoms. The highest BCUT2D eigenvalue weighted by Gasteiger charge is 2.25. The van der Waals surface area contributed by atoms with Crippen molar-refractivity contribution in [2.24, 2.45) is 0 Å². The SMILES string of the molecule is CC(C)n1[nH]c(=O)c2c(-c3ccc4c(c3)OCO4)c3oc4c(O)c(=O)ccc4c3[nH]c21. The number of benzene rings is 2. The van der Waals surface area contributed by atoms with Crippen molar-refractivity contribution in [1.29, 1.82) is 0 Å². The maximum atomic E-state index is 13.0. The zero-order valence-electron chi connectivity index (χ0n) is 16.6. The van der Waals surface area contributed by atoms with Gasteiger partial charge in [-0.05, 0) is 43.7 Å². The van der Waals surface area contributed by atoms with E-state index in [4.69, 9.17) is 13.9 Å². The van der Waals surface area contributed by atoms with E-state index in [9.17, 15) is 14.7 Å². The van der Waals surface area contributed by atoms with Crippen molar-refractivity contribution in [3.8, 4) is 28.4 Å². The summed E-state index contributed by atoms with van der Waals surface area (Å²) >= 11 is 0. The molecule has 0 aliphatic carbocycles. The maximum absolute atomic E-state index is 13.0. The number of aromatic nitrogens is 3. The standard InChI is InChI=1S/C22H17N3O6/c1-9(2)25-21-16(22(28)24-25)15(10-3-6-13-14(7-10)30-8-29-13)20-17(23-21)11-4-5-12(26)18(27)19(11)31-20/h3-7,9,23,27H,8H2,1-2H3,(H,24,28). The van der Waals surface area contributed by atoms with Gasteiger partial charge in [-0.1, -0.05) is 6.07 Å². The molecule has 0 bridgehead atoms. The fourth-order valence-corrected chi connectivity index (χ4v) is 4.18. The minimum atomic E-state index is -0.537. The molecule has 0 atom stereocenters. The van der Waals surface area contributed by atoms with Crippen LogP contribution in [0.2, 0.25) is 0 Å². The van der Waals surface area contributed by atoms with Crippen LogP contribution in [0.25, 0.3) is 44.2 Å². The summed E-state index contributed by atoms with van der Waals surface area (Å²) in [5, 5.41) is 14.1. The molecule has 6 rings (SSSR count). The molecule has 3 aromatic heterocycles. The average Bonchev–Trinajstić information content (AvgIpc) is 3.44. The zero-order chi connectivity index (χ0) is 21.4. The minimum Gasteiger partial charge on any atom is -0.502 e. The number of phenols is 1. The summed E-state index contributed by atoms with van der Waals surface area (Å²) in [7, 11) is 0. The molecule has 5 aromatic rings. The second-order valence-electron chi connectivity index (χ2n) is 7.79. The lowest BCUT2D eigenvalue weighted by atomic mass is 10.0. The molecule has 0 amide bonds. The second-order valence-corrected chi connectivity index (χ2v) is 7.79. The van der Waals surface area contributed by atoms with E-state index < -0.39 is 11.2 Å². The number of pyridine rings is 1. The third kappa shape index (κ3) is 2.31. The predicted molar refractivity (Wildman–Crippen MR) is 114 cm³/mol. The molecule has 0 fully saturated rings. The molecule has 3 N–H and O–H groups in total. The fraction of sp³-hybridized carbons (Fsp3) is 0.182. The van der Waals surface area contributed by atoms with Crippen molar-refractivity contribution < 1.29 is 19.0 Å². The largest absolute Gasteiger partial charge is 0.502 e. The molecule has 9 heteroatoms. The molecule has 0 saturated carbocycles. The highest BCUT2D eigenvalue weighted by Crippen LogP contribution is 2.43. The number of nitrogens with zero attached hydrogens (tertiary/aromatic N) is 1. The number of aromatic hydroxyl groups is 1. The lowest BCUT2D eigenvalue weighted by Gasteiger charge is -2.10. The molecular weight excluding hydrogens is 402 g/mol. The molecule has 0 spiro atoms. The fourth-order valence-electron chi connectivity index (χ4n) is 4.18. The summed E-state index contributed by atoms with van der Waals surface area (Å²) in [6.45, 7) is 4.04. The monoisotopic (exact) mass is 419 g/mol. The smallest absolute Gasteiger partial charge is 0.274 e. The molecule has 4 heterocycles. The predicted octanol–water partition coefficient (Wildman–Crippen LogP) is 3.60. The molecule has 0 unspecified atom stereocenters. The van der Waals surface area contributed by atoms with Crippen molar-refractivity contribution in [3.05, 3.63) is 50.9 Å². The van der Waals surface area contributed by atoms with Gasteiger partial charge in [0.15, 0.2) is 22.7 Å². The molecular formula is C22H17N3O6. The van der Waals surface area contributed by atoms with Crippen LogP contribution in [0.3, 0.4) is 0 Å². The van der Waals surface area contributed by atoms with Gasteiger partial charge >= 0.3 is 0 Å². The van der Waals surface area contributed by atoms with Crippen LogP contribution in [0, 0.1) is 0 Å². The third-order valence-electron chi connectivity index (χ3n) is 5.62. The van der Waals surface area contributed by atoms with Crippen LogP contribution >= 0.6 is 0 Å². The Labute approximate surface area is 173 Å². The topological polar surface area (TPSA) is 122 Å². The van der Waals surface area contributed by atoms with Gasteiger partial charge in [-0.3, -0.25) is 19.4 Å². The number of fused-ring (bicyclic) bond motifs is 5. The molecule has 156 valence electrons. The summed E-state index contributed by atoms with van der Waals surface area (Å²) in [4.78, 5) is 28.3. The molecule has 0 saturated heterocycles. The highest BCUT2D eigenvalue weighted by atomic mass is 16.7. The van der Waals surface area contributed by atoms with Gasteiger partial charge in [0, 0.05) is 17.0 Å². The summed E-state index contributed by atoms with van der Waals surface area (Å²) in [5.74, 6) is 0.710. The van der Waals surface area contributed by atoms with Crippen LogP contribution in [0.15, 0.2) is 44.3 Å². The van der Waals surface area contributed by atoms with Gasteiger partial charge in [-0.2, -0.15) is 0 Å². The number of rotatable bonds is 2. The lowest BCUT2D eigenvalue weighted by Crippen LogP contribution is -2.07. The van der Waals surface area contributed by atoms with Gasteiger partial charge in [-0.15, -0.1) is 0 Å². The number of phenolic OH excluding ortho intramolecular Hbond substituents is 1. The van der Waals surface area contributed by atoms with Gasteiger partial charge in [0.05, 0.1) is 10.9 Å². The van der Waals surface area contributed by atoms with Crippen molar-refractivity contribution in [2.75, 3.05) is 6.79 Å². The van der Waals surface area contributed by atoms with Gasteiger partial charge in [0.25, 0.3) is 5.56 Å². The summed E-state index contributed by atoms with van der Waals surface area (Å²) in [5.41, 5.74) is 1.96. The van der Waals surface area contributed by atoms with Crippen molar-refractivity contribution >= 4 is 33.1 Å². The molecule has 1 aliphatic heterocycles. The Morgan fingerprint density at radius 2 is 1.87 bits per heavy atom. The van der Waals surface area contributed by atoms with E-state index in [2.05, 4.69) is 10.1 Å². The summed E-state index contributed by atoms with van der Waals surface area (Å²) in [6.07, 6.45) is 0. The summed E-state index contributed by atoms with van der Waals surface area (Å²) < 4.78 is 18.7. The van der Waals surface area contributed by atoms with Crippen LogP contribution in [-0.4, -0.2) is 26.7 Å². The van der Waals surface area contributed by atoms with Crippen LogP contribution in [-0.2, 0) is 0 Å². The first-order valence-corrected chi connectivity index (χ1v) is 9.78. The molecule has 9 nitrogen and oxygen atoms in total. The van der Waals surface area contributed by atoms with Gasteiger partial charge in [0.2, 0.25) is 18.0 Å². The van der Waals surface area contributed by atoms with Crippen molar-refractivity contribution in [2.45, 2.75) is 19.9 Å². The zero-order valence-corrected chi connectivity index (χ0v) is 16.6. The Bertz CT molecular complexity index is 1650. The Morgan fingerprint density at radius 1 is 1.06 bits per heavy atom. The number of ether oxygens (including phenoxy) is 2. The third-order valence-corrected chi connectivity index (χ3v) is 5.62. The normalized spacial score (nSPS) is 13.3. The Hall–Kier alpha value is -4.14. The van der Waals surface area contributed by atoms with E-state index in [1.807, 2.05) is 19.9 Å². The van der Waals surface area contributed by atoms with E-state index >= 15 is 0 Å². The van der Waals surface area contributed by atoms with E-state index in [1.54, 1.807) is 22.9 Å². The minimum absolute atomic E-state index is 0.0247. The van der Waals surface area contributed by atoms with Crippen molar-refractivity contribution in [3.63, 3.8) is 0 Å². The molecule has 0 radical (unpaired) electrons. The van der Waals surface area contributed by atoms with Crippen LogP contribution in [0.5, 0.6) is 17.2 Å². The van der Waals surface area contributed by atoms with Crippen LogP contribution in [0.4, 0.5) is 0 Å². The Morgan fingerprint density at radius 3 is 2.68 bits per heavy atom. The first kappa shape index (κ1) is 17.7.